The Balaban J connectivity index is 1.86. The summed E-state index contributed by atoms with van der Waals surface area (Å²) in [6.45, 7) is 2.04. The number of anilines is 1. The molecular weight excluding hydrogens is 242 g/mol. The fourth-order valence-electron chi connectivity index (χ4n) is 2.16. The van der Waals surface area contributed by atoms with Gasteiger partial charge in [-0.2, -0.15) is 0 Å². The number of nitrogens with one attached hydrogen (secondary N) is 2. The summed E-state index contributed by atoms with van der Waals surface area (Å²) >= 11 is 0. The summed E-state index contributed by atoms with van der Waals surface area (Å²) in [5, 5.41) is 3.18. The molecule has 6 nitrogen and oxygen atoms in total. The van der Waals surface area contributed by atoms with Gasteiger partial charge >= 0.3 is 0 Å². The molecule has 0 aromatic carbocycles. The number of imidazole rings is 1. The summed E-state index contributed by atoms with van der Waals surface area (Å²) in [7, 11) is 0. The van der Waals surface area contributed by atoms with Gasteiger partial charge in [0.05, 0.1) is 6.04 Å². The predicted molar refractivity (Wildman–Crippen MR) is 72.0 cm³/mol. The lowest BCUT2D eigenvalue weighted by Crippen LogP contribution is -2.25. The van der Waals surface area contributed by atoms with Crippen molar-refractivity contribution in [3.05, 3.63) is 41.0 Å². The summed E-state index contributed by atoms with van der Waals surface area (Å²) < 4.78 is 1.77. The van der Waals surface area contributed by atoms with Gasteiger partial charge < -0.3 is 14.9 Å². The number of H-pyrrole nitrogens is 1. The third-order valence-electron chi connectivity index (χ3n) is 3.38. The predicted octanol–water partition coefficient (Wildman–Crippen LogP) is 1.86. The standard InChI is InChI=1S/C13H17N5O/c1-2-10(11-14-5-6-15-11)17-12-13(19)18(8-7-16-12)9-3-4-9/h5-10H,2-4H2,1H3,(H,14,15)(H,16,17). The molecule has 1 saturated carbocycles. The molecule has 2 aromatic rings. The smallest absolute Gasteiger partial charge is 0.293 e. The summed E-state index contributed by atoms with van der Waals surface area (Å²) in [4.78, 5) is 23.7. The van der Waals surface area contributed by atoms with Crippen molar-refractivity contribution in [1.29, 1.82) is 0 Å². The Morgan fingerprint density at radius 2 is 2.32 bits per heavy atom. The first-order chi connectivity index (χ1) is 9.29. The first kappa shape index (κ1) is 12.0. The fourth-order valence-corrected chi connectivity index (χ4v) is 2.16. The molecule has 0 saturated heterocycles. The highest BCUT2D eigenvalue weighted by Gasteiger charge is 2.25. The normalized spacial score (nSPS) is 16.3. The number of aromatic amines is 1. The highest BCUT2D eigenvalue weighted by molar-refractivity contribution is 5.34. The molecule has 2 N–H and O–H groups in total. The van der Waals surface area contributed by atoms with E-state index in [-0.39, 0.29) is 11.6 Å². The molecule has 0 bridgehead atoms. The second-order valence-corrected chi connectivity index (χ2v) is 4.80. The van der Waals surface area contributed by atoms with Crippen molar-refractivity contribution in [3.8, 4) is 0 Å². The minimum atomic E-state index is -0.0463. The van der Waals surface area contributed by atoms with E-state index in [1.165, 1.54) is 0 Å². The Kier molecular flexibility index (Phi) is 3.06. The van der Waals surface area contributed by atoms with Gasteiger partial charge in [0, 0.05) is 30.8 Å². The van der Waals surface area contributed by atoms with Crippen molar-refractivity contribution in [2.45, 2.75) is 38.3 Å². The van der Waals surface area contributed by atoms with E-state index in [4.69, 9.17) is 0 Å². The van der Waals surface area contributed by atoms with E-state index in [0.29, 0.717) is 11.9 Å². The van der Waals surface area contributed by atoms with Crippen molar-refractivity contribution in [1.82, 2.24) is 19.5 Å². The average molecular weight is 259 g/mol. The Morgan fingerprint density at radius 1 is 1.47 bits per heavy atom. The number of aromatic nitrogens is 4. The average Bonchev–Trinajstić information content (AvgIpc) is 3.12. The Bertz CT molecular complexity index is 600. The molecule has 2 heterocycles. The van der Waals surface area contributed by atoms with Crippen LogP contribution < -0.4 is 10.9 Å². The van der Waals surface area contributed by atoms with E-state index in [9.17, 15) is 4.79 Å². The largest absolute Gasteiger partial charge is 0.356 e. The minimum absolute atomic E-state index is 0.0229. The zero-order chi connectivity index (χ0) is 13.2. The minimum Gasteiger partial charge on any atom is -0.356 e. The molecule has 0 aliphatic heterocycles. The molecule has 0 radical (unpaired) electrons. The lowest BCUT2D eigenvalue weighted by molar-refractivity contribution is 0.673. The van der Waals surface area contributed by atoms with Crippen LogP contribution in [0.2, 0.25) is 0 Å². The molecule has 0 amide bonds. The van der Waals surface area contributed by atoms with Crippen LogP contribution in [0.25, 0.3) is 0 Å². The zero-order valence-electron chi connectivity index (χ0n) is 10.8. The molecule has 1 aliphatic carbocycles. The van der Waals surface area contributed by atoms with Crippen LogP contribution in [-0.4, -0.2) is 19.5 Å². The molecule has 1 aliphatic rings. The lowest BCUT2D eigenvalue weighted by Gasteiger charge is -2.15. The Labute approximate surface area is 110 Å². The first-order valence-corrected chi connectivity index (χ1v) is 6.62. The monoisotopic (exact) mass is 259 g/mol. The van der Waals surface area contributed by atoms with Crippen LogP contribution in [0.3, 0.4) is 0 Å². The zero-order valence-corrected chi connectivity index (χ0v) is 10.8. The summed E-state index contributed by atoms with van der Waals surface area (Å²) in [5.41, 5.74) is -0.0463. The molecule has 1 atom stereocenters. The van der Waals surface area contributed by atoms with Crippen LogP contribution in [0, 0.1) is 0 Å². The Hall–Kier alpha value is -2.11. The Morgan fingerprint density at radius 3 is 2.95 bits per heavy atom. The van der Waals surface area contributed by atoms with Gasteiger partial charge in [-0.05, 0) is 19.3 Å². The first-order valence-electron chi connectivity index (χ1n) is 6.62. The summed E-state index contributed by atoms with van der Waals surface area (Å²) in [5.74, 6) is 1.23. The molecule has 1 unspecified atom stereocenters. The summed E-state index contributed by atoms with van der Waals surface area (Å²) in [6, 6.07) is 0.338. The van der Waals surface area contributed by atoms with E-state index < -0.39 is 0 Å². The third kappa shape index (κ3) is 2.38. The van der Waals surface area contributed by atoms with Gasteiger partial charge in [-0.25, -0.2) is 9.97 Å². The highest BCUT2D eigenvalue weighted by atomic mass is 16.1. The SMILES string of the molecule is CCC(Nc1nccn(C2CC2)c1=O)c1ncc[nH]1. The second kappa shape index (κ2) is 4.87. The fraction of sp³-hybridized carbons (Fsp3) is 0.462. The lowest BCUT2D eigenvalue weighted by atomic mass is 10.2. The number of hydrogen-bond acceptors (Lipinski definition) is 4. The van der Waals surface area contributed by atoms with Gasteiger partial charge in [0.15, 0.2) is 5.82 Å². The van der Waals surface area contributed by atoms with Gasteiger partial charge in [0.2, 0.25) is 0 Å². The van der Waals surface area contributed by atoms with Crippen molar-refractivity contribution < 1.29 is 0 Å². The quantitative estimate of drug-likeness (QED) is 0.859. The maximum atomic E-state index is 12.3. The van der Waals surface area contributed by atoms with Gasteiger partial charge in [0.25, 0.3) is 5.56 Å². The van der Waals surface area contributed by atoms with Gasteiger partial charge in [-0.3, -0.25) is 4.79 Å². The molecule has 2 aromatic heterocycles. The van der Waals surface area contributed by atoms with Crippen LogP contribution in [0.1, 0.15) is 44.1 Å². The maximum Gasteiger partial charge on any atom is 0.293 e. The van der Waals surface area contributed by atoms with E-state index in [1.54, 1.807) is 29.4 Å². The van der Waals surface area contributed by atoms with Gasteiger partial charge in [-0.1, -0.05) is 6.92 Å². The number of nitrogens with zero attached hydrogens (tertiary/aromatic N) is 3. The molecule has 3 rings (SSSR count). The topological polar surface area (TPSA) is 75.6 Å². The number of hydrogen-bond donors (Lipinski definition) is 2. The molecule has 19 heavy (non-hydrogen) atoms. The van der Waals surface area contributed by atoms with Crippen molar-refractivity contribution in [3.63, 3.8) is 0 Å². The van der Waals surface area contributed by atoms with E-state index in [2.05, 4.69) is 20.3 Å². The van der Waals surface area contributed by atoms with Crippen LogP contribution in [0.4, 0.5) is 5.82 Å². The molecular formula is C13H17N5O. The number of rotatable bonds is 5. The second-order valence-electron chi connectivity index (χ2n) is 4.80. The molecule has 100 valence electrons. The molecule has 6 heteroatoms. The van der Waals surface area contributed by atoms with Crippen LogP contribution in [0.5, 0.6) is 0 Å². The van der Waals surface area contributed by atoms with Crippen LogP contribution in [-0.2, 0) is 0 Å². The van der Waals surface area contributed by atoms with Crippen LogP contribution >= 0.6 is 0 Å². The van der Waals surface area contributed by atoms with E-state index in [1.807, 2.05) is 6.92 Å². The third-order valence-corrected chi connectivity index (χ3v) is 3.38. The van der Waals surface area contributed by atoms with Crippen LogP contribution in [0.15, 0.2) is 29.6 Å². The molecule has 0 spiro atoms. The van der Waals surface area contributed by atoms with E-state index >= 15 is 0 Å². The summed E-state index contributed by atoms with van der Waals surface area (Å²) in [6.07, 6.45) is 9.92. The molecule has 1 fully saturated rings. The van der Waals surface area contributed by atoms with Crippen molar-refractivity contribution in [2.75, 3.05) is 5.32 Å². The maximum absolute atomic E-state index is 12.3. The van der Waals surface area contributed by atoms with E-state index in [0.717, 1.165) is 25.1 Å². The van der Waals surface area contributed by atoms with Gasteiger partial charge in [-0.15, -0.1) is 0 Å². The highest BCUT2D eigenvalue weighted by Crippen LogP contribution is 2.33. The van der Waals surface area contributed by atoms with Crippen molar-refractivity contribution >= 4 is 5.82 Å². The van der Waals surface area contributed by atoms with Gasteiger partial charge in [0.1, 0.15) is 5.82 Å². The van der Waals surface area contributed by atoms with Crippen molar-refractivity contribution in [2.24, 2.45) is 0 Å².